The maximum absolute atomic E-state index is 12.1. The molecule has 0 spiro atoms. The Kier molecular flexibility index (Phi) is 5.92. The Morgan fingerprint density at radius 3 is 2.82 bits per heavy atom. The highest BCUT2D eigenvalue weighted by atomic mass is 16.5. The molecule has 1 fully saturated rings. The van der Waals surface area contributed by atoms with Gasteiger partial charge in [-0.15, -0.1) is 0 Å². The number of nitrogens with two attached hydrogens (primary N) is 1. The summed E-state index contributed by atoms with van der Waals surface area (Å²) in [4.78, 5) is 13.9. The summed E-state index contributed by atoms with van der Waals surface area (Å²) < 4.78 is 5.42. The number of carbonyl (C=O) groups is 1. The van der Waals surface area contributed by atoms with Crippen LogP contribution < -0.4 is 5.73 Å². The number of rotatable bonds is 5. The van der Waals surface area contributed by atoms with Crippen LogP contribution in [0.3, 0.4) is 0 Å². The lowest BCUT2D eigenvalue weighted by Gasteiger charge is -2.30. The topological polar surface area (TPSA) is 55.6 Å². The van der Waals surface area contributed by atoms with Gasteiger partial charge in [-0.2, -0.15) is 0 Å². The number of nitrogens with zero attached hydrogens (tertiary/aromatic N) is 1. The second-order valence-electron chi connectivity index (χ2n) is 5.21. The largest absolute Gasteiger partial charge is 0.381 e. The summed E-state index contributed by atoms with van der Waals surface area (Å²) >= 11 is 0. The van der Waals surface area contributed by atoms with Crippen LogP contribution in [0, 0.1) is 11.8 Å². The Balaban J connectivity index is 2.40. The minimum Gasteiger partial charge on any atom is -0.381 e. The molecule has 0 bridgehead atoms. The molecule has 4 heteroatoms. The molecule has 3 unspecified atom stereocenters. The molecule has 1 aliphatic heterocycles. The number of likely N-dealkylation sites (N-methyl/N-ethyl adjacent to an activating group) is 1. The second kappa shape index (κ2) is 6.97. The Hall–Kier alpha value is -0.610. The van der Waals surface area contributed by atoms with E-state index in [1.807, 2.05) is 14.0 Å². The molecular formula is C13H26N2O2. The van der Waals surface area contributed by atoms with Crippen molar-refractivity contribution in [2.75, 3.05) is 26.8 Å². The van der Waals surface area contributed by atoms with Gasteiger partial charge < -0.3 is 15.4 Å². The van der Waals surface area contributed by atoms with E-state index in [0.717, 1.165) is 39.0 Å². The van der Waals surface area contributed by atoms with Crippen molar-refractivity contribution in [1.82, 2.24) is 4.90 Å². The van der Waals surface area contributed by atoms with Crippen LogP contribution in [0.5, 0.6) is 0 Å². The lowest BCUT2D eigenvalue weighted by molar-refractivity contribution is -0.133. The molecule has 100 valence electrons. The monoisotopic (exact) mass is 242 g/mol. The molecule has 4 nitrogen and oxygen atoms in total. The first-order valence-electron chi connectivity index (χ1n) is 6.64. The van der Waals surface area contributed by atoms with Gasteiger partial charge in [-0.05, 0) is 24.7 Å². The second-order valence-corrected chi connectivity index (χ2v) is 5.21. The number of hydrogen-bond acceptors (Lipinski definition) is 3. The van der Waals surface area contributed by atoms with Gasteiger partial charge in [-0.1, -0.05) is 20.3 Å². The fraction of sp³-hybridized carbons (Fsp3) is 0.923. The zero-order valence-corrected chi connectivity index (χ0v) is 11.3. The van der Waals surface area contributed by atoms with Crippen molar-refractivity contribution in [3.05, 3.63) is 0 Å². The highest BCUT2D eigenvalue weighted by molar-refractivity contribution is 5.81. The number of hydrogen-bond donors (Lipinski definition) is 1. The van der Waals surface area contributed by atoms with E-state index in [4.69, 9.17) is 10.5 Å². The minimum absolute atomic E-state index is 0.0601. The molecule has 0 aromatic heterocycles. The molecule has 1 saturated heterocycles. The van der Waals surface area contributed by atoms with Crippen molar-refractivity contribution >= 4 is 5.91 Å². The molecule has 1 heterocycles. The lowest BCUT2D eigenvalue weighted by Crippen LogP contribution is -2.47. The first kappa shape index (κ1) is 14.5. The van der Waals surface area contributed by atoms with Crippen molar-refractivity contribution in [2.24, 2.45) is 17.6 Å². The van der Waals surface area contributed by atoms with E-state index in [1.165, 1.54) is 0 Å². The van der Waals surface area contributed by atoms with Crippen LogP contribution in [0.2, 0.25) is 0 Å². The van der Waals surface area contributed by atoms with Gasteiger partial charge in [0.05, 0.1) is 12.6 Å². The SMILES string of the molecule is CCC(C)C(N)C(=O)N(C)CC1CCCOC1. The summed E-state index contributed by atoms with van der Waals surface area (Å²) in [5.41, 5.74) is 5.95. The lowest BCUT2D eigenvalue weighted by atomic mass is 9.97. The van der Waals surface area contributed by atoms with Gasteiger partial charge in [0.15, 0.2) is 0 Å². The minimum atomic E-state index is -0.366. The van der Waals surface area contributed by atoms with E-state index < -0.39 is 0 Å². The summed E-state index contributed by atoms with van der Waals surface area (Å²) in [6, 6.07) is -0.366. The zero-order chi connectivity index (χ0) is 12.8. The first-order chi connectivity index (χ1) is 8.06. The molecule has 1 rings (SSSR count). The predicted octanol–water partition coefficient (Wildman–Crippen LogP) is 1.24. The first-order valence-corrected chi connectivity index (χ1v) is 6.64. The zero-order valence-electron chi connectivity index (χ0n) is 11.3. The van der Waals surface area contributed by atoms with E-state index in [9.17, 15) is 4.79 Å². The van der Waals surface area contributed by atoms with E-state index in [0.29, 0.717) is 5.92 Å². The van der Waals surface area contributed by atoms with E-state index in [1.54, 1.807) is 4.90 Å². The fourth-order valence-corrected chi connectivity index (χ4v) is 2.18. The molecular weight excluding hydrogens is 216 g/mol. The van der Waals surface area contributed by atoms with Crippen molar-refractivity contribution in [3.8, 4) is 0 Å². The molecule has 0 saturated carbocycles. The third kappa shape index (κ3) is 4.28. The molecule has 17 heavy (non-hydrogen) atoms. The summed E-state index contributed by atoms with van der Waals surface area (Å²) in [6.45, 7) is 6.49. The van der Waals surface area contributed by atoms with Crippen molar-refractivity contribution in [2.45, 2.75) is 39.2 Å². The Bertz CT molecular complexity index is 240. The van der Waals surface area contributed by atoms with Gasteiger partial charge >= 0.3 is 0 Å². The molecule has 0 aromatic rings. The Morgan fingerprint density at radius 1 is 1.59 bits per heavy atom. The maximum Gasteiger partial charge on any atom is 0.239 e. The van der Waals surface area contributed by atoms with Crippen LogP contribution in [0.1, 0.15) is 33.1 Å². The third-order valence-electron chi connectivity index (χ3n) is 3.71. The summed E-state index contributed by atoms with van der Waals surface area (Å²) in [5.74, 6) is 0.777. The van der Waals surface area contributed by atoms with E-state index >= 15 is 0 Å². The van der Waals surface area contributed by atoms with Crippen molar-refractivity contribution in [1.29, 1.82) is 0 Å². The van der Waals surface area contributed by atoms with Gasteiger partial charge in [0.1, 0.15) is 0 Å². The summed E-state index contributed by atoms with van der Waals surface area (Å²) in [5, 5.41) is 0. The van der Waals surface area contributed by atoms with Gasteiger partial charge in [-0.3, -0.25) is 4.79 Å². The normalized spacial score (nSPS) is 24.1. The Labute approximate surface area is 104 Å². The third-order valence-corrected chi connectivity index (χ3v) is 3.71. The summed E-state index contributed by atoms with van der Waals surface area (Å²) in [7, 11) is 1.85. The van der Waals surface area contributed by atoms with E-state index in [2.05, 4.69) is 6.92 Å². The van der Waals surface area contributed by atoms with Crippen molar-refractivity contribution in [3.63, 3.8) is 0 Å². The molecule has 0 aromatic carbocycles. The quantitative estimate of drug-likeness (QED) is 0.789. The van der Waals surface area contributed by atoms with Crippen LogP contribution in [0.4, 0.5) is 0 Å². The van der Waals surface area contributed by atoms with Crippen LogP contribution in [0.15, 0.2) is 0 Å². The van der Waals surface area contributed by atoms with Gasteiger partial charge in [0.2, 0.25) is 5.91 Å². The van der Waals surface area contributed by atoms with Gasteiger partial charge in [0, 0.05) is 20.2 Å². The predicted molar refractivity (Wildman–Crippen MR) is 68.6 cm³/mol. The fourth-order valence-electron chi connectivity index (χ4n) is 2.18. The number of amides is 1. The molecule has 0 aliphatic carbocycles. The molecule has 1 aliphatic rings. The van der Waals surface area contributed by atoms with Crippen LogP contribution in [0.25, 0.3) is 0 Å². The van der Waals surface area contributed by atoms with Gasteiger partial charge in [0.25, 0.3) is 0 Å². The number of carbonyl (C=O) groups excluding carboxylic acids is 1. The van der Waals surface area contributed by atoms with Crippen LogP contribution in [-0.2, 0) is 9.53 Å². The molecule has 1 amide bonds. The standard InChI is InChI=1S/C13H26N2O2/c1-4-10(2)12(14)13(16)15(3)8-11-6-5-7-17-9-11/h10-12H,4-9,14H2,1-3H3. The average molecular weight is 242 g/mol. The van der Waals surface area contributed by atoms with Crippen LogP contribution >= 0.6 is 0 Å². The highest BCUT2D eigenvalue weighted by Crippen LogP contribution is 2.15. The Morgan fingerprint density at radius 2 is 2.29 bits per heavy atom. The summed E-state index contributed by atoms with van der Waals surface area (Å²) in [6.07, 6.45) is 3.19. The maximum atomic E-state index is 12.1. The van der Waals surface area contributed by atoms with Gasteiger partial charge in [-0.25, -0.2) is 0 Å². The van der Waals surface area contributed by atoms with E-state index in [-0.39, 0.29) is 17.9 Å². The van der Waals surface area contributed by atoms with Crippen molar-refractivity contribution < 1.29 is 9.53 Å². The highest BCUT2D eigenvalue weighted by Gasteiger charge is 2.25. The average Bonchev–Trinajstić information content (AvgIpc) is 2.37. The smallest absolute Gasteiger partial charge is 0.239 e. The van der Waals surface area contributed by atoms with Crippen LogP contribution in [-0.4, -0.2) is 43.7 Å². The molecule has 0 radical (unpaired) electrons. The number of ether oxygens (including phenoxy) is 1. The molecule has 3 atom stereocenters. The molecule has 2 N–H and O–H groups in total.